The van der Waals surface area contributed by atoms with Gasteiger partial charge in [0.25, 0.3) is 0 Å². The molecule has 4 fully saturated rings. The molecule has 1 aromatic carbocycles. The van der Waals surface area contributed by atoms with E-state index in [1.54, 1.807) is 34.3 Å². The fraction of sp³-hybridized carbons (Fsp3) is 0.833. The lowest BCUT2D eigenvalue weighted by Gasteiger charge is -2.45. The van der Waals surface area contributed by atoms with Gasteiger partial charge >= 0.3 is 5.97 Å². The summed E-state index contributed by atoms with van der Waals surface area (Å²) in [5.74, 6) is -2.32. The number of aliphatic hydroxyl groups is 4. The Kier molecular flexibility index (Phi) is 22.9. The molecule has 18 nitrogen and oxygen atoms in total. The van der Waals surface area contributed by atoms with E-state index in [9.17, 15) is 29.6 Å². The van der Waals surface area contributed by atoms with Gasteiger partial charge in [-0.15, -0.1) is 0 Å². The van der Waals surface area contributed by atoms with Crippen LogP contribution in [0.25, 0.3) is 0 Å². The molecule has 4 aliphatic heterocycles. The molecule has 4 saturated heterocycles. The number of likely N-dealkylation sites (N-methyl/N-ethyl adjacent to an activating group) is 1. The lowest BCUT2D eigenvalue weighted by Crippen LogP contribution is -2.59. The highest BCUT2D eigenvalue weighted by molar-refractivity contribution is 5.73. The second-order valence-corrected chi connectivity index (χ2v) is 22.4. The minimum Gasteiger partial charge on any atom is -0.459 e. The number of alkyl halides is 1. The number of hydrogen-bond acceptors (Lipinski definition) is 18. The van der Waals surface area contributed by atoms with Gasteiger partial charge in [-0.1, -0.05) is 32.9 Å². The normalized spacial score (nSPS) is 38.8. The van der Waals surface area contributed by atoms with Crippen molar-refractivity contribution in [3.63, 3.8) is 0 Å². The molecule has 6 N–H and O–H groups in total. The first kappa shape index (κ1) is 60.9. The number of aliphatic hydroxyl groups excluding tert-OH is 3. The maximum Gasteiger partial charge on any atom is 0.311 e. The number of β-amino-alcohol motifs (C(OH)–C–C–N with tert-alkyl or cyclic N) is 1. The van der Waals surface area contributed by atoms with Crippen LogP contribution in [0.3, 0.4) is 0 Å². The molecule has 5 rings (SSSR count). The van der Waals surface area contributed by atoms with Crippen molar-refractivity contribution < 1.29 is 62.8 Å². The van der Waals surface area contributed by atoms with Gasteiger partial charge in [-0.3, -0.25) is 4.79 Å². The van der Waals surface area contributed by atoms with Crippen molar-refractivity contribution in [1.82, 2.24) is 15.1 Å². The van der Waals surface area contributed by atoms with Crippen LogP contribution in [0.15, 0.2) is 41.3 Å². The summed E-state index contributed by atoms with van der Waals surface area (Å²) < 4.78 is 59.2. The molecule has 1 unspecified atom stereocenters. The summed E-state index contributed by atoms with van der Waals surface area (Å²) in [6.07, 6.45) is -2.72. The summed E-state index contributed by atoms with van der Waals surface area (Å²) in [7, 11) is 7.07. The standard InChI is InChI=1S/C54H93FN6O12/c1-14-45-54(9,66)51(64)37(7)60(11)30-32(2)23-44(63)49(35(5)48(36(6)52(65)71-45)73-47-27-53(8,68-13)26-34(4)70-47)72-46-25-41(24-33(3)69-46)59(10)21-19-39(58-56)29-57-43(28-55)50(67-12)38-15-17-40(18-16-38)61-22-20-42(62)31-61/h15-18,29,32-37,41-51,56-57,62-64,66H,14,19-28,30-31H2,1-13H3/b39-29-,58-56?/t32-,33-,34+,35+,36-,37-,41+,42-,43-,44-,45-,46+,47+,48?,49-,50-,51-,53+,54-/m1/s1. The van der Waals surface area contributed by atoms with Gasteiger partial charge in [0.15, 0.2) is 12.6 Å². The summed E-state index contributed by atoms with van der Waals surface area (Å²) in [6, 6.07) is 6.45. The first-order valence-corrected chi connectivity index (χ1v) is 26.8. The van der Waals surface area contributed by atoms with Crippen LogP contribution in [0.5, 0.6) is 0 Å². The summed E-state index contributed by atoms with van der Waals surface area (Å²) >= 11 is 0. The first-order chi connectivity index (χ1) is 34.5. The van der Waals surface area contributed by atoms with Crippen molar-refractivity contribution in [2.75, 3.05) is 66.1 Å². The second-order valence-electron chi connectivity index (χ2n) is 22.4. The SMILES string of the molecule is CC[C@H]1OC(=O)[C@H](C)C(O[C@H]2C[C@@](C)(OC)C[C@H](C)O2)[C@H](C)[C@@H](O[C@H]2C[C@@H](N(C)CC/C(=C/N[C@H](CF)[C@H](OC)c3ccc(N4CC[C@@H](O)C4)cc3)N=N)C[C@@H](C)O2)[C@H](O)C[C@@H](C)CN(C)[C@H](C)[C@@H](O)[C@]1(C)O. The zero-order chi connectivity index (χ0) is 53.9. The maximum atomic E-state index is 14.7. The van der Waals surface area contributed by atoms with E-state index in [0.29, 0.717) is 63.9 Å². The second kappa shape index (κ2) is 27.4. The molecule has 19 atom stereocenters. The number of rotatable bonds is 18. The highest BCUT2D eigenvalue weighted by atomic mass is 19.1. The lowest BCUT2D eigenvalue weighted by molar-refractivity contribution is -0.283. The average molecular weight is 1040 g/mol. The van der Waals surface area contributed by atoms with Gasteiger partial charge in [0, 0.05) is 96.0 Å². The van der Waals surface area contributed by atoms with Crippen LogP contribution in [0.2, 0.25) is 0 Å². The number of esters is 1. The summed E-state index contributed by atoms with van der Waals surface area (Å²) in [5.41, 5.74) is 7.87. The van der Waals surface area contributed by atoms with E-state index < -0.39 is 97.0 Å². The van der Waals surface area contributed by atoms with Crippen molar-refractivity contribution >= 4 is 11.7 Å². The number of hydrogen-bond donors (Lipinski definition) is 6. The van der Waals surface area contributed by atoms with Crippen molar-refractivity contribution in [3.8, 4) is 0 Å². The zero-order valence-electron chi connectivity index (χ0n) is 46.1. The lowest BCUT2D eigenvalue weighted by atomic mass is 9.84. The Morgan fingerprint density at radius 2 is 1.66 bits per heavy atom. The van der Waals surface area contributed by atoms with Gasteiger partial charge in [0.1, 0.15) is 30.6 Å². The Morgan fingerprint density at radius 1 is 0.986 bits per heavy atom. The average Bonchev–Trinajstić information content (AvgIpc) is 3.80. The molecule has 0 saturated carbocycles. The highest BCUT2D eigenvalue weighted by Gasteiger charge is 2.49. The van der Waals surface area contributed by atoms with Crippen LogP contribution in [0, 0.1) is 23.3 Å². The Bertz CT molecular complexity index is 1890. The molecule has 4 heterocycles. The third kappa shape index (κ3) is 16.1. The number of benzene rings is 1. The molecule has 0 aliphatic carbocycles. The number of nitrogens with zero attached hydrogens (tertiary/aromatic N) is 4. The molecule has 4 aliphatic rings. The molecule has 418 valence electrons. The number of carbonyl (C=O) groups excluding carboxylic acids is 1. The third-order valence-electron chi connectivity index (χ3n) is 16.3. The molecule has 0 spiro atoms. The molecule has 19 heteroatoms. The van der Waals surface area contributed by atoms with E-state index in [-0.39, 0.29) is 36.7 Å². The molecule has 0 radical (unpaired) electrons. The Hall–Kier alpha value is -2.92. The van der Waals surface area contributed by atoms with Gasteiger partial charge in [-0.25, -0.2) is 9.92 Å². The predicted octanol–water partition coefficient (Wildman–Crippen LogP) is 6.09. The maximum absolute atomic E-state index is 14.7. The number of ether oxygens (including phenoxy) is 7. The molecule has 0 bridgehead atoms. The van der Waals surface area contributed by atoms with Crippen molar-refractivity contribution in [2.24, 2.45) is 22.9 Å². The van der Waals surface area contributed by atoms with E-state index >= 15 is 0 Å². The number of anilines is 1. The Balaban J connectivity index is 1.35. The third-order valence-corrected chi connectivity index (χ3v) is 16.3. The van der Waals surface area contributed by atoms with Gasteiger partial charge in [-0.2, -0.15) is 5.11 Å². The molecular formula is C54H93FN6O12. The smallest absolute Gasteiger partial charge is 0.311 e. The number of halogens is 1. The summed E-state index contributed by atoms with van der Waals surface area (Å²) in [4.78, 5) is 20.7. The van der Waals surface area contributed by atoms with Crippen molar-refractivity contribution in [3.05, 3.63) is 41.7 Å². The van der Waals surface area contributed by atoms with E-state index in [0.717, 1.165) is 24.2 Å². The molecule has 1 aromatic rings. The van der Waals surface area contributed by atoms with Crippen molar-refractivity contribution in [1.29, 1.82) is 5.53 Å². The Labute approximate surface area is 435 Å². The number of nitrogens with one attached hydrogen (secondary N) is 2. The topological polar surface area (TPSA) is 221 Å². The predicted molar refractivity (Wildman–Crippen MR) is 276 cm³/mol. The van der Waals surface area contributed by atoms with E-state index in [1.165, 1.54) is 6.92 Å². The quantitative estimate of drug-likeness (QED) is 0.0724. The largest absolute Gasteiger partial charge is 0.459 e. The van der Waals surface area contributed by atoms with Gasteiger partial charge in [0.05, 0.1) is 59.9 Å². The summed E-state index contributed by atoms with van der Waals surface area (Å²) in [6.45, 7) is 18.3. The Morgan fingerprint density at radius 3 is 2.26 bits per heavy atom. The molecule has 0 amide bonds. The minimum atomic E-state index is -1.79. The highest BCUT2D eigenvalue weighted by Crippen LogP contribution is 2.38. The molecule has 73 heavy (non-hydrogen) atoms. The first-order valence-electron chi connectivity index (χ1n) is 26.8. The van der Waals surface area contributed by atoms with Crippen LogP contribution in [0.4, 0.5) is 10.1 Å². The van der Waals surface area contributed by atoms with Gasteiger partial charge in [-0.05, 0) is 105 Å². The number of carbonyl (C=O) groups is 1. The van der Waals surface area contributed by atoms with Gasteiger partial charge in [0.2, 0.25) is 0 Å². The fourth-order valence-corrected chi connectivity index (χ4v) is 11.6. The van der Waals surface area contributed by atoms with Crippen LogP contribution in [-0.4, -0.2) is 188 Å². The van der Waals surface area contributed by atoms with E-state index in [4.69, 9.17) is 38.7 Å². The summed E-state index contributed by atoms with van der Waals surface area (Å²) in [5, 5.41) is 52.8. The fourth-order valence-electron chi connectivity index (χ4n) is 11.6. The minimum absolute atomic E-state index is 0.0317. The van der Waals surface area contributed by atoms with Crippen LogP contribution in [-0.2, 0) is 38.0 Å². The van der Waals surface area contributed by atoms with Gasteiger partial charge < -0.3 is 73.6 Å². The van der Waals surface area contributed by atoms with Crippen molar-refractivity contribution in [2.45, 2.75) is 211 Å². The van der Waals surface area contributed by atoms with Crippen LogP contribution >= 0.6 is 0 Å². The molecule has 0 aromatic heterocycles. The van der Waals surface area contributed by atoms with E-state index in [1.807, 2.05) is 84.8 Å². The number of methoxy groups -OCH3 is 2. The van der Waals surface area contributed by atoms with Crippen LogP contribution < -0.4 is 10.2 Å². The van der Waals surface area contributed by atoms with Crippen LogP contribution in [0.1, 0.15) is 125 Å². The zero-order valence-corrected chi connectivity index (χ0v) is 46.1. The molecular weight excluding hydrogens is 944 g/mol. The monoisotopic (exact) mass is 1040 g/mol. The number of cyclic esters (lactones) is 1. The van der Waals surface area contributed by atoms with E-state index in [2.05, 4.69) is 20.2 Å².